The summed E-state index contributed by atoms with van der Waals surface area (Å²) in [6, 6.07) is 55.5. The van der Waals surface area contributed by atoms with Crippen LogP contribution in [0, 0.1) is 0 Å². The third kappa shape index (κ3) is 5.82. The van der Waals surface area contributed by atoms with Crippen LogP contribution in [0.3, 0.4) is 0 Å². The third-order valence-corrected chi connectivity index (χ3v) is 10.1. The van der Waals surface area contributed by atoms with Crippen LogP contribution in [0.5, 0.6) is 0 Å². The van der Waals surface area contributed by atoms with Gasteiger partial charge in [-0.15, -0.1) is 0 Å². The van der Waals surface area contributed by atoms with E-state index in [1.54, 1.807) is 0 Å². The molecule has 0 heteroatoms. The fraction of sp³-hybridized carbons (Fsp3) is 0.0196. The first-order chi connectivity index (χ1) is 25.3. The molecule has 0 nitrogen and oxygen atoms in total. The summed E-state index contributed by atoms with van der Waals surface area (Å²) in [4.78, 5) is 0. The van der Waals surface area contributed by atoms with Gasteiger partial charge in [-0.2, -0.15) is 0 Å². The summed E-state index contributed by atoms with van der Waals surface area (Å²) in [6.45, 7) is 0. The topological polar surface area (TPSA) is 0 Å². The third-order valence-electron chi connectivity index (χ3n) is 10.1. The summed E-state index contributed by atoms with van der Waals surface area (Å²) in [7, 11) is 0. The molecule has 0 heterocycles. The highest BCUT2D eigenvalue weighted by Crippen LogP contribution is 2.47. The Kier molecular flexibility index (Phi) is 8.04. The molecule has 0 N–H and O–H groups in total. The van der Waals surface area contributed by atoms with Crippen LogP contribution in [0.2, 0.25) is 0 Å². The molecule has 1 aliphatic carbocycles. The zero-order valence-electron chi connectivity index (χ0n) is 28.3. The van der Waals surface area contributed by atoms with Crippen LogP contribution >= 0.6 is 0 Å². The van der Waals surface area contributed by atoms with Crippen LogP contribution in [0.4, 0.5) is 0 Å². The molecule has 51 heavy (non-hydrogen) atoms. The lowest BCUT2D eigenvalue weighted by molar-refractivity contribution is 1.38. The second kappa shape index (κ2) is 13.4. The van der Waals surface area contributed by atoms with E-state index in [1.165, 1.54) is 87.6 Å². The van der Waals surface area contributed by atoms with Gasteiger partial charge in [0.25, 0.3) is 0 Å². The SMILES string of the molecule is C1=CCC=C(/C=C/c2ccc(-c3c(-c4c5ccccc5cc5ccccc45)cc(/C=C/c4ccccc4)c4ccccc34)c3ccccc23)C=C1. The van der Waals surface area contributed by atoms with Crippen molar-refractivity contribution < 1.29 is 0 Å². The van der Waals surface area contributed by atoms with Gasteiger partial charge in [0.15, 0.2) is 0 Å². The van der Waals surface area contributed by atoms with Crippen molar-refractivity contribution in [3.8, 4) is 22.3 Å². The maximum atomic E-state index is 2.44. The van der Waals surface area contributed by atoms with E-state index in [9.17, 15) is 0 Å². The quantitative estimate of drug-likeness (QED) is 0.124. The molecular formula is C51H36. The molecular weight excluding hydrogens is 613 g/mol. The molecule has 0 bridgehead atoms. The monoisotopic (exact) mass is 648 g/mol. The summed E-state index contributed by atoms with van der Waals surface area (Å²) in [5.41, 5.74) is 9.83. The number of fused-ring (bicyclic) bond motifs is 4. The summed E-state index contributed by atoms with van der Waals surface area (Å²) in [6.07, 6.45) is 20.8. The number of hydrogen-bond donors (Lipinski definition) is 0. The normalized spacial score (nSPS) is 13.2. The van der Waals surface area contributed by atoms with E-state index < -0.39 is 0 Å². The average Bonchev–Trinajstić information content (AvgIpc) is 3.47. The largest absolute Gasteiger partial charge is 0.0807 e. The van der Waals surface area contributed by atoms with E-state index in [4.69, 9.17) is 0 Å². The molecule has 0 atom stereocenters. The number of benzene rings is 8. The molecule has 0 spiro atoms. The maximum Gasteiger partial charge on any atom is -0.00197 e. The average molecular weight is 649 g/mol. The maximum absolute atomic E-state index is 2.44. The van der Waals surface area contributed by atoms with Gasteiger partial charge in [-0.05, 0) is 106 Å². The van der Waals surface area contributed by atoms with Crippen molar-refractivity contribution in [2.24, 2.45) is 0 Å². The highest BCUT2D eigenvalue weighted by atomic mass is 14.2. The molecule has 0 amide bonds. The number of hydrogen-bond acceptors (Lipinski definition) is 0. The minimum absolute atomic E-state index is 0.946. The minimum atomic E-state index is 0.946. The van der Waals surface area contributed by atoms with Crippen molar-refractivity contribution in [3.05, 3.63) is 210 Å². The zero-order valence-corrected chi connectivity index (χ0v) is 28.3. The smallest absolute Gasteiger partial charge is 0.00197 e. The second-order valence-corrected chi connectivity index (χ2v) is 13.2. The Balaban J connectivity index is 1.36. The van der Waals surface area contributed by atoms with E-state index in [0.29, 0.717) is 0 Å². The van der Waals surface area contributed by atoms with Crippen molar-refractivity contribution in [1.29, 1.82) is 0 Å². The number of rotatable bonds is 6. The molecule has 240 valence electrons. The molecule has 0 unspecified atom stereocenters. The lowest BCUT2D eigenvalue weighted by Crippen LogP contribution is -1.95. The van der Waals surface area contributed by atoms with Gasteiger partial charge < -0.3 is 0 Å². The summed E-state index contributed by atoms with van der Waals surface area (Å²) in [5.74, 6) is 0. The first kappa shape index (κ1) is 30.6. The van der Waals surface area contributed by atoms with Crippen molar-refractivity contribution in [2.75, 3.05) is 0 Å². The predicted molar refractivity (Wildman–Crippen MR) is 223 cm³/mol. The first-order valence-corrected chi connectivity index (χ1v) is 17.8. The molecule has 1 aliphatic rings. The minimum Gasteiger partial charge on any atom is -0.0807 e. The van der Waals surface area contributed by atoms with E-state index in [0.717, 1.165) is 6.42 Å². The van der Waals surface area contributed by atoms with Crippen molar-refractivity contribution >= 4 is 61.3 Å². The highest BCUT2D eigenvalue weighted by molar-refractivity contribution is 6.20. The molecule has 0 aromatic heterocycles. The molecule has 0 radical (unpaired) electrons. The fourth-order valence-corrected chi connectivity index (χ4v) is 7.67. The molecule has 8 aromatic carbocycles. The van der Waals surface area contributed by atoms with E-state index in [-0.39, 0.29) is 0 Å². The summed E-state index contributed by atoms with van der Waals surface area (Å²) < 4.78 is 0. The van der Waals surface area contributed by atoms with Gasteiger partial charge in [0.2, 0.25) is 0 Å². The molecule has 0 saturated carbocycles. The Hall–Kier alpha value is -6.50. The van der Waals surface area contributed by atoms with Crippen molar-refractivity contribution in [2.45, 2.75) is 6.42 Å². The van der Waals surface area contributed by atoms with Gasteiger partial charge in [0, 0.05) is 0 Å². The van der Waals surface area contributed by atoms with Gasteiger partial charge in [0.05, 0.1) is 0 Å². The van der Waals surface area contributed by atoms with Gasteiger partial charge in [-0.25, -0.2) is 0 Å². The molecule has 0 saturated heterocycles. The summed E-state index contributed by atoms with van der Waals surface area (Å²) in [5, 5.41) is 9.98. The van der Waals surface area contributed by atoms with E-state index in [2.05, 4.69) is 206 Å². The van der Waals surface area contributed by atoms with Crippen molar-refractivity contribution in [1.82, 2.24) is 0 Å². The lowest BCUT2D eigenvalue weighted by atomic mass is 9.82. The molecule has 0 fully saturated rings. The Morgan fingerprint density at radius 1 is 0.392 bits per heavy atom. The van der Waals surface area contributed by atoms with Gasteiger partial charge in [-0.3, -0.25) is 0 Å². The van der Waals surface area contributed by atoms with Crippen LogP contribution in [-0.2, 0) is 0 Å². The van der Waals surface area contributed by atoms with Gasteiger partial charge >= 0.3 is 0 Å². The Labute approximate surface area is 299 Å². The summed E-state index contributed by atoms with van der Waals surface area (Å²) >= 11 is 0. The molecule has 9 rings (SSSR count). The van der Waals surface area contributed by atoms with E-state index >= 15 is 0 Å². The molecule has 0 aliphatic heterocycles. The van der Waals surface area contributed by atoms with Gasteiger partial charge in [0.1, 0.15) is 0 Å². The Morgan fingerprint density at radius 2 is 1.00 bits per heavy atom. The standard InChI is InChI=1S/C51H36/c1-2-5-17-36(16-4-1)28-30-38-32-33-48(46-26-14-12-22-42(38)46)51-47-27-15-13-23-43(47)41(31-29-37-18-6-3-7-19-37)35-49(51)50-44-24-10-8-20-39(44)34-40-21-9-11-25-45(40)50/h1-4,6-35H,5H2/b30-28+,31-29+. The van der Waals surface area contributed by atoms with Crippen molar-refractivity contribution in [3.63, 3.8) is 0 Å². The highest BCUT2D eigenvalue weighted by Gasteiger charge is 2.20. The first-order valence-electron chi connectivity index (χ1n) is 17.8. The lowest BCUT2D eigenvalue weighted by Gasteiger charge is -2.21. The van der Waals surface area contributed by atoms with E-state index in [1.807, 2.05) is 0 Å². The number of allylic oxidation sites excluding steroid dienone is 7. The second-order valence-electron chi connectivity index (χ2n) is 13.2. The Bertz CT molecular complexity index is 2700. The zero-order chi connectivity index (χ0) is 34.0. The van der Waals surface area contributed by atoms with Crippen LogP contribution in [0.25, 0.3) is 83.6 Å². The Morgan fingerprint density at radius 3 is 1.75 bits per heavy atom. The predicted octanol–water partition coefficient (Wildman–Crippen LogP) is 14.3. The van der Waals surface area contributed by atoms with Crippen LogP contribution in [-0.4, -0.2) is 0 Å². The van der Waals surface area contributed by atoms with Crippen LogP contribution < -0.4 is 0 Å². The fourth-order valence-electron chi connectivity index (χ4n) is 7.67. The van der Waals surface area contributed by atoms with Gasteiger partial charge in [-0.1, -0.05) is 194 Å². The van der Waals surface area contributed by atoms with Crippen LogP contribution in [0.1, 0.15) is 23.1 Å². The van der Waals surface area contributed by atoms with Crippen LogP contribution in [0.15, 0.2) is 194 Å². The molecule has 8 aromatic rings.